The molecular weight excluding hydrogens is 252 g/mol. The Kier molecular flexibility index (Phi) is 5.77. The van der Waals surface area contributed by atoms with Gasteiger partial charge in [0.05, 0.1) is 12.2 Å². The van der Waals surface area contributed by atoms with Crippen LogP contribution in [0.4, 0.5) is 10.5 Å². The molecule has 0 atom stereocenters. The summed E-state index contributed by atoms with van der Waals surface area (Å²) in [6.45, 7) is 10.4. The van der Waals surface area contributed by atoms with Gasteiger partial charge >= 0.3 is 6.03 Å². The molecule has 1 aromatic rings. The molecule has 3 N–H and O–H groups in total. The second-order valence-corrected chi connectivity index (χ2v) is 4.43. The SMILES string of the molecule is C=CCN=C(N)NC(=O)N(CC)c1c(C)cccc1C. The number of urea groups is 1. The van der Waals surface area contributed by atoms with Gasteiger partial charge in [-0.05, 0) is 31.9 Å². The molecular formula is C15H22N4O. The topological polar surface area (TPSA) is 70.7 Å². The summed E-state index contributed by atoms with van der Waals surface area (Å²) in [7, 11) is 0. The molecule has 5 heteroatoms. The number of carbonyl (C=O) groups excluding carboxylic acids is 1. The van der Waals surface area contributed by atoms with Crippen molar-refractivity contribution in [2.45, 2.75) is 20.8 Å². The van der Waals surface area contributed by atoms with Crippen molar-refractivity contribution >= 4 is 17.7 Å². The van der Waals surface area contributed by atoms with Crippen LogP contribution in [0.2, 0.25) is 0 Å². The highest BCUT2D eigenvalue weighted by Crippen LogP contribution is 2.24. The van der Waals surface area contributed by atoms with E-state index < -0.39 is 0 Å². The highest BCUT2D eigenvalue weighted by Gasteiger charge is 2.18. The standard InChI is InChI=1S/C15H22N4O/c1-5-10-17-14(16)18-15(20)19(6-2)13-11(3)8-7-9-12(13)4/h5,7-9H,1,6,10H2,2-4H3,(H3,16,17,18,20). The molecule has 0 unspecified atom stereocenters. The number of rotatable bonds is 4. The molecule has 0 saturated carbocycles. The predicted octanol–water partition coefficient (Wildman–Crippen LogP) is 2.34. The van der Waals surface area contributed by atoms with Crippen molar-refractivity contribution in [3.63, 3.8) is 0 Å². The van der Waals surface area contributed by atoms with Crippen molar-refractivity contribution < 1.29 is 4.79 Å². The van der Waals surface area contributed by atoms with Crippen molar-refractivity contribution in [3.05, 3.63) is 42.0 Å². The van der Waals surface area contributed by atoms with E-state index in [1.165, 1.54) is 0 Å². The predicted molar refractivity (Wildman–Crippen MR) is 84.2 cm³/mol. The van der Waals surface area contributed by atoms with Crippen LogP contribution in [0.5, 0.6) is 0 Å². The molecule has 0 fully saturated rings. The Balaban J connectivity index is 2.96. The molecule has 0 bridgehead atoms. The van der Waals surface area contributed by atoms with E-state index in [0.717, 1.165) is 16.8 Å². The van der Waals surface area contributed by atoms with Crippen LogP contribution in [-0.4, -0.2) is 25.1 Å². The van der Waals surface area contributed by atoms with Gasteiger partial charge in [0.2, 0.25) is 0 Å². The van der Waals surface area contributed by atoms with E-state index in [-0.39, 0.29) is 12.0 Å². The monoisotopic (exact) mass is 274 g/mol. The summed E-state index contributed by atoms with van der Waals surface area (Å²) in [5.41, 5.74) is 8.65. The first-order valence-corrected chi connectivity index (χ1v) is 6.56. The van der Waals surface area contributed by atoms with E-state index in [0.29, 0.717) is 13.1 Å². The number of hydrogen-bond acceptors (Lipinski definition) is 2. The lowest BCUT2D eigenvalue weighted by atomic mass is 10.1. The fourth-order valence-electron chi connectivity index (χ4n) is 2.01. The normalized spacial score (nSPS) is 11.1. The second-order valence-electron chi connectivity index (χ2n) is 4.43. The third-order valence-corrected chi connectivity index (χ3v) is 2.90. The number of benzene rings is 1. The Morgan fingerprint density at radius 2 is 2.05 bits per heavy atom. The molecule has 2 amide bonds. The van der Waals surface area contributed by atoms with Gasteiger partial charge in [-0.2, -0.15) is 0 Å². The van der Waals surface area contributed by atoms with Gasteiger partial charge in [0.15, 0.2) is 5.96 Å². The number of nitrogens with one attached hydrogen (secondary N) is 1. The minimum atomic E-state index is -0.282. The maximum atomic E-state index is 12.3. The molecule has 1 aromatic carbocycles. The van der Waals surface area contributed by atoms with Crippen LogP contribution in [0, 0.1) is 13.8 Å². The summed E-state index contributed by atoms with van der Waals surface area (Å²) in [6, 6.07) is 5.65. The third kappa shape index (κ3) is 3.85. The molecule has 0 aliphatic heterocycles. The number of anilines is 1. The van der Waals surface area contributed by atoms with E-state index in [2.05, 4.69) is 16.9 Å². The van der Waals surface area contributed by atoms with Gasteiger partial charge in [-0.3, -0.25) is 10.2 Å². The summed E-state index contributed by atoms with van der Waals surface area (Å²) in [5, 5.41) is 2.59. The molecule has 5 nitrogen and oxygen atoms in total. The lowest BCUT2D eigenvalue weighted by Crippen LogP contribution is -2.46. The number of aryl methyl sites for hydroxylation is 2. The van der Waals surface area contributed by atoms with E-state index in [9.17, 15) is 4.79 Å². The maximum absolute atomic E-state index is 12.3. The van der Waals surface area contributed by atoms with Crippen LogP contribution in [-0.2, 0) is 0 Å². The first-order chi connectivity index (χ1) is 9.51. The minimum Gasteiger partial charge on any atom is -0.370 e. The summed E-state index contributed by atoms with van der Waals surface area (Å²) in [5.74, 6) is 0.0968. The van der Waals surface area contributed by atoms with Gasteiger partial charge in [-0.25, -0.2) is 9.79 Å². The van der Waals surface area contributed by atoms with Crippen molar-refractivity contribution in [1.82, 2.24) is 5.32 Å². The second kappa shape index (κ2) is 7.33. The maximum Gasteiger partial charge on any atom is 0.328 e. The molecule has 1 rings (SSSR count). The number of nitrogens with zero attached hydrogens (tertiary/aromatic N) is 2. The highest BCUT2D eigenvalue weighted by atomic mass is 16.2. The fraction of sp³-hybridized carbons (Fsp3) is 0.333. The number of carbonyl (C=O) groups is 1. The average Bonchev–Trinajstić information content (AvgIpc) is 2.40. The van der Waals surface area contributed by atoms with Crippen molar-refractivity contribution in [2.24, 2.45) is 10.7 Å². The number of nitrogens with two attached hydrogens (primary N) is 1. The Labute approximate surface area is 120 Å². The van der Waals surface area contributed by atoms with Crippen LogP contribution < -0.4 is 16.0 Å². The average molecular weight is 274 g/mol. The van der Waals surface area contributed by atoms with Crippen molar-refractivity contribution in [2.75, 3.05) is 18.0 Å². The van der Waals surface area contributed by atoms with E-state index in [1.54, 1.807) is 11.0 Å². The molecule has 0 radical (unpaired) electrons. The van der Waals surface area contributed by atoms with Gasteiger partial charge in [0.1, 0.15) is 0 Å². The zero-order valence-electron chi connectivity index (χ0n) is 12.3. The third-order valence-electron chi connectivity index (χ3n) is 2.90. The summed E-state index contributed by atoms with van der Waals surface area (Å²) < 4.78 is 0. The van der Waals surface area contributed by atoms with Crippen LogP contribution in [0.15, 0.2) is 35.8 Å². The first-order valence-electron chi connectivity index (χ1n) is 6.56. The number of guanidine groups is 1. The van der Waals surface area contributed by atoms with Crippen LogP contribution >= 0.6 is 0 Å². The summed E-state index contributed by atoms with van der Waals surface area (Å²) in [6.07, 6.45) is 1.61. The van der Waals surface area contributed by atoms with Crippen LogP contribution in [0.25, 0.3) is 0 Å². The Hall–Kier alpha value is -2.30. The molecule has 0 spiro atoms. The number of hydrogen-bond donors (Lipinski definition) is 2. The lowest BCUT2D eigenvalue weighted by molar-refractivity contribution is 0.250. The summed E-state index contributed by atoms with van der Waals surface area (Å²) in [4.78, 5) is 17.9. The first kappa shape index (κ1) is 15.8. The highest BCUT2D eigenvalue weighted by molar-refractivity contribution is 6.03. The zero-order chi connectivity index (χ0) is 15.1. The van der Waals surface area contributed by atoms with Crippen molar-refractivity contribution in [1.29, 1.82) is 0 Å². The Morgan fingerprint density at radius 3 is 2.55 bits per heavy atom. The Bertz CT molecular complexity index is 502. The molecule has 20 heavy (non-hydrogen) atoms. The quantitative estimate of drug-likeness (QED) is 0.502. The lowest BCUT2D eigenvalue weighted by Gasteiger charge is -2.25. The molecule has 108 valence electrons. The fourth-order valence-corrected chi connectivity index (χ4v) is 2.01. The largest absolute Gasteiger partial charge is 0.370 e. The van der Waals surface area contributed by atoms with Gasteiger partial charge in [-0.1, -0.05) is 24.3 Å². The molecule has 0 aromatic heterocycles. The van der Waals surface area contributed by atoms with E-state index in [4.69, 9.17) is 5.73 Å². The number of aliphatic imine (C=N–C) groups is 1. The van der Waals surface area contributed by atoms with Crippen LogP contribution in [0.3, 0.4) is 0 Å². The van der Waals surface area contributed by atoms with Gasteiger partial charge in [-0.15, -0.1) is 6.58 Å². The van der Waals surface area contributed by atoms with E-state index >= 15 is 0 Å². The van der Waals surface area contributed by atoms with E-state index in [1.807, 2.05) is 39.0 Å². The molecule has 0 aliphatic carbocycles. The molecule has 0 saturated heterocycles. The van der Waals surface area contributed by atoms with Crippen LogP contribution in [0.1, 0.15) is 18.1 Å². The molecule has 0 heterocycles. The number of amides is 2. The van der Waals surface area contributed by atoms with Gasteiger partial charge < -0.3 is 5.73 Å². The van der Waals surface area contributed by atoms with Gasteiger partial charge in [0, 0.05) is 6.54 Å². The van der Waals surface area contributed by atoms with Crippen molar-refractivity contribution in [3.8, 4) is 0 Å². The smallest absolute Gasteiger partial charge is 0.328 e. The van der Waals surface area contributed by atoms with Gasteiger partial charge in [0.25, 0.3) is 0 Å². The Morgan fingerprint density at radius 1 is 1.45 bits per heavy atom. The minimum absolute atomic E-state index is 0.0968. The summed E-state index contributed by atoms with van der Waals surface area (Å²) >= 11 is 0. The number of para-hydroxylation sites is 1. The zero-order valence-corrected chi connectivity index (χ0v) is 12.3. The molecule has 0 aliphatic rings.